The van der Waals surface area contributed by atoms with Crippen molar-refractivity contribution in [2.45, 2.75) is 12.5 Å². The molecule has 4 aromatic heterocycles. The number of likely N-dealkylation sites (N-methyl/N-ethyl adjacent to an activating group) is 1. The number of thiophene rings is 1. The van der Waals surface area contributed by atoms with Crippen LogP contribution >= 0.6 is 11.3 Å². The molecule has 0 aliphatic carbocycles. The Labute approximate surface area is 187 Å². The number of amides is 1. The Hall–Kier alpha value is -3.79. The smallest absolute Gasteiger partial charge is 0.338 e. The summed E-state index contributed by atoms with van der Waals surface area (Å²) in [5.41, 5.74) is 3.04. The number of hydrogen-bond acceptors (Lipinski definition) is 8. The highest BCUT2D eigenvalue weighted by molar-refractivity contribution is 7.13. The topological polar surface area (TPSA) is 102 Å². The maximum atomic E-state index is 12.4. The van der Waals surface area contributed by atoms with Crippen molar-refractivity contribution in [3.8, 4) is 21.8 Å². The average molecular weight is 449 g/mol. The van der Waals surface area contributed by atoms with Gasteiger partial charge < -0.3 is 15.0 Å². The second-order valence-corrected chi connectivity index (χ2v) is 8.27. The molecule has 9 nitrogen and oxygen atoms in total. The predicted octanol–water partition coefficient (Wildman–Crippen LogP) is 2.63. The van der Waals surface area contributed by atoms with E-state index in [0.717, 1.165) is 17.0 Å². The first-order valence-electron chi connectivity index (χ1n) is 10.1. The molecule has 0 spiro atoms. The Morgan fingerprint density at radius 1 is 1.22 bits per heavy atom. The van der Waals surface area contributed by atoms with E-state index >= 15 is 0 Å². The van der Waals surface area contributed by atoms with Gasteiger partial charge >= 0.3 is 5.97 Å². The number of nitrogens with zero attached hydrogens (tertiary/aromatic N) is 5. The highest BCUT2D eigenvalue weighted by Gasteiger charge is 2.35. The lowest BCUT2D eigenvalue weighted by molar-refractivity contribution is -0.123. The normalized spacial score (nSPS) is 15.4. The Bertz CT molecular complexity index is 1320. The fourth-order valence-corrected chi connectivity index (χ4v) is 4.44. The molecule has 5 heterocycles. The maximum absolute atomic E-state index is 12.4. The number of carbonyl (C=O) groups is 2. The van der Waals surface area contributed by atoms with Gasteiger partial charge in [0.05, 0.1) is 40.7 Å². The molecule has 1 fully saturated rings. The van der Waals surface area contributed by atoms with Crippen LogP contribution in [0.3, 0.4) is 0 Å². The van der Waals surface area contributed by atoms with E-state index in [0.29, 0.717) is 34.8 Å². The minimum atomic E-state index is -0.476. The molecule has 32 heavy (non-hydrogen) atoms. The van der Waals surface area contributed by atoms with E-state index in [4.69, 9.17) is 14.7 Å². The van der Waals surface area contributed by atoms with Crippen molar-refractivity contribution in [1.29, 1.82) is 0 Å². The lowest BCUT2D eigenvalue weighted by atomic mass is 10.0. The number of esters is 1. The largest absolute Gasteiger partial charge is 0.465 e. The van der Waals surface area contributed by atoms with E-state index < -0.39 is 5.97 Å². The van der Waals surface area contributed by atoms with Crippen molar-refractivity contribution in [2.75, 3.05) is 25.6 Å². The summed E-state index contributed by atoms with van der Waals surface area (Å²) in [5.74, 6) is -0.0200. The van der Waals surface area contributed by atoms with E-state index in [-0.39, 0.29) is 11.9 Å². The Morgan fingerprint density at radius 3 is 2.78 bits per heavy atom. The number of anilines is 1. The van der Waals surface area contributed by atoms with Crippen LogP contribution in [-0.4, -0.2) is 58.2 Å². The van der Waals surface area contributed by atoms with Gasteiger partial charge in [0.2, 0.25) is 5.91 Å². The molecular weight excluding hydrogens is 428 g/mol. The molecule has 5 rings (SSSR count). The van der Waals surface area contributed by atoms with Crippen molar-refractivity contribution in [2.24, 2.45) is 0 Å². The molecule has 1 aliphatic rings. The van der Waals surface area contributed by atoms with Gasteiger partial charge in [-0.05, 0) is 36.1 Å². The van der Waals surface area contributed by atoms with Gasteiger partial charge in [0.25, 0.3) is 0 Å². The number of pyridine rings is 1. The molecule has 0 unspecified atom stereocenters. The number of carbonyl (C=O) groups excluding carboxylic acids is 2. The standard InChI is InChI=1S/C22H20N6O3S/c1-23-21(29)17-6-7-27(17)19-11-13(22(30)31-2)10-16(25-19)14-12-24-28-8-5-15(26-20(14)28)18-4-3-9-32-18/h3-5,8-12,17H,6-7H2,1-2H3,(H,23,29)/t17-/m0/s1. The van der Waals surface area contributed by atoms with Crippen LogP contribution in [0.25, 0.3) is 27.5 Å². The van der Waals surface area contributed by atoms with Crippen molar-refractivity contribution >= 4 is 34.7 Å². The Balaban J connectivity index is 1.63. The molecular formula is C22H20N6O3S. The van der Waals surface area contributed by atoms with Crippen molar-refractivity contribution < 1.29 is 14.3 Å². The van der Waals surface area contributed by atoms with Gasteiger partial charge in [-0.1, -0.05) is 6.07 Å². The van der Waals surface area contributed by atoms with Gasteiger partial charge in [-0.2, -0.15) is 5.10 Å². The molecule has 0 aromatic carbocycles. The number of ether oxygens (including phenoxy) is 1. The first-order chi connectivity index (χ1) is 15.6. The summed E-state index contributed by atoms with van der Waals surface area (Å²) in [6, 6.07) is 8.90. The molecule has 1 amide bonds. The van der Waals surface area contributed by atoms with Crippen LogP contribution in [0, 0.1) is 0 Å². The van der Waals surface area contributed by atoms with Crippen LogP contribution < -0.4 is 10.2 Å². The summed E-state index contributed by atoms with van der Waals surface area (Å²) in [5, 5.41) is 9.08. The zero-order chi connectivity index (χ0) is 22.2. The molecule has 1 atom stereocenters. The molecule has 10 heteroatoms. The fourth-order valence-electron chi connectivity index (χ4n) is 3.75. The zero-order valence-electron chi connectivity index (χ0n) is 17.5. The van der Waals surface area contributed by atoms with Gasteiger partial charge in [0.15, 0.2) is 5.65 Å². The average Bonchev–Trinajstić information content (AvgIpc) is 3.47. The number of fused-ring (bicyclic) bond motifs is 1. The maximum Gasteiger partial charge on any atom is 0.338 e. The van der Waals surface area contributed by atoms with E-state index in [1.165, 1.54) is 7.11 Å². The van der Waals surface area contributed by atoms with E-state index in [1.54, 1.807) is 41.2 Å². The lowest BCUT2D eigenvalue weighted by Gasteiger charge is -2.40. The van der Waals surface area contributed by atoms with Crippen LogP contribution in [0.1, 0.15) is 16.8 Å². The number of hydrogen-bond donors (Lipinski definition) is 1. The summed E-state index contributed by atoms with van der Waals surface area (Å²) < 4.78 is 6.62. The lowest BCUT2D eigenvalue weighted by Crippen LogP contribution is -2.56. The number of methoxy groups -OCH3 is 1. The van der Waals surface area contributed by atoms with Crippen LogP contribution in [0.4, 0.5) is 5.82 Å². The second-order valence-electron chi connectivity index (χ2n) is 7.32. The van der Waals surface area contributed by atoms with E-state index in [9.17, 15) is 9.59 Å². The van der Waals surface area contributed by atoms with Gasteiger partial charge in [0.1, 0.15) is 11.9 Å². The fraction of sp³-hybridized carbons (Fsp3) is 0.227. The van der Waals surface area contributed by atoms with Gasteiger partial charge in [-0.3, -0.25) is 4.79 Å². The SMILES string of the molecule is CNC(=O)[C@@H]1CCN1c1cc(C(=O)OC)cc(-c2cnn3ccc(-c4cccs4)nc23)n1. The third-order valence-electron chi connectivity index (χ3n) is 5.51. The highest BCUT2D eigenvalue weighted by Crippen LogP contribution is 2.31. The van der Waals surface area contributed by atoms with Gasteiger partial charge in [-0.25, -0.2) is 19.3 Å². The highest BCUT2D eigenvalue weighted by atomic mass is 32.1. The number of nitrogens with one attached hydrogen (secondary N) is 1. The molecule has 4 aromatic rings. The molecule has 162 valence electrons. The van der Waals surface area contributed by atoms with Gasteiger partial charge in [-0.15, -0.1) is 11.3 Å². The summed E-state index contributed by atoms with van der Waals surface area (Å²) in [6.45, 7) is 0.671. The summed E-state index contributed by atoms with van der Waals surface area (Å²) in [4.78, 5) is 37.1. The molecule has 1 N–H and O–H groups in total. The Morgan fingerprint density at radius 2 is 2.09 bits per heavy atom. The van der Waals surface area contributed by atoms with Crippen LogP contribution in [0.15, 0.2) is 48.1 Å². The second kappa shape index (κ2) is 8.04. The van der Waals surface area contributed by atoms with E-state index in [2.05, 4.69) is 10.4 Å². The minimum absolute atomic E-state index is 0.0821. The number of rotatable bonds is 5. The quantitative estimate of drug-likeness (QED) is 0.468. The molecule has 1 saturated heterocycles. The van der Waals surface area contributed by atoms with Gasteiger partial charge in [0, 0.05) is 19.8 Å². The third kappa shape index (κ3) is 3.38. The Kier molecular flexibility index (Phi) is 5.06. The minimum Gasteiger partial charge on any atom is -0.465 e. The summed E-state index contributed by atoms with van der Waals surface area (Å²) >= 11 is 1.61. The molecule has 0 saturated carbocycles. The van der Waals surface area contributed by atoms with Crippen LogP contribution in [-0.2, 0) is 9.53 Å². The predicted molar refractivity (Wildman–Crippen MR) is 121 cm³/mol. The molecule has 0 radical (unpaired) electrons. The first-order valence-corrected chi connectivity index (χ1v) is 10.9. The molecule has 0 bridgehead atoms. The third-order valence-corrected chi connectivity index (χ3v) is 6.41. The summed E-state index contributed by atoms with van der Waals surface area (Å²) in [7, 11) is 2.95. The van der Waals surface area contributed by atoms with Crippen molar-refractivity contribution in [3.63, 3.8) is 0 Å². The zero-order valence-corrected chi connectivity index (χ0v) is 18.3. The molecule has 1 aliphatic heterocycles. The van der Waals surface area contributed by atoms with Crippen LogP contribution in [0.5, 0.6) is 0 Å². The van der Waals surface area contributed by atoms with Crippen LogP contribution in [0.2, 0.25) is 0 Å². The number of aromatic nitrogens is 4. The van der Waals surface area contributed by atoms with Crippen molar-refractivity contribution in [1.82, 2.24) is 24.9 Å². The van der Waals surface area contributed by atoms with E-state index in [1.807, 2.05) is 34.7 Å². The summed E-state index contributed by atoms with van der Waals surface area (Å²) in [6.07, 6.45) is 4.25. The monoisotopic (exact) mass is 448 g/mol. The first kappa shape index (κ1) is 20.1. The van der Waals surface area contributed by atoms with Crippen molar-refractivity contribution in [3.05, 3.63) is 53.7 Å².